The minimum absolute atomic E-state index is 0.0238. The zero-order valence-electron chi connectivity index (χ0n) is 16.1. The molecule has 0 amide bonds. The standard InChI is InChI=1S/C20H26N2O4S2/c1-15-8-9-16(2)20(14-15)28(25,26)22-21-27(23,24)19-12-10-18(11-13-19)17-6-4-3-5-7-17/h8-14,17,21-22H,3-7H2,1-2H3. The molecule has 2 aromatic carbocycles. The highest BCUT2D eigenvalue weighted by Gasteiger charge is 2.22. The first-order valence-corrected chi connectivity index (χ1v) is 12.4. The summed E-state index contributed by atoms with van der Waals surface area (Å²) in [6.07, 6.45) is 5.91. The number of benzene rings is 2. The van der Waals surface area contributed by atoms with E-state index in [1.165, 1.54) is 37.5 Å². The Morgan fingerprint density at radius 2 is 1.39 bits per heavy atom. The Hall–Kier alpha value is -1.74. The van der Waals surface area contributed by atoms with E-state index < -0.39 is 20.0 Å². The Morgan fingerprint density at radius 1 is 0.786 bits per heavy atom. The molecular weight excluding hydrogens is 396 g/mol. The second-order valence-electron chi connectivity index (χ2n) is 7.38. The number of hydrogen-bond acceptors (Lipinski definition) is 4. The van der Waals surface area contributed by atoms with Crippen molar-refractivity contribution in [2.75, 3.05) is 0 Å². The van der Waals surface area contributed by atoms with Crippen molar-refractivity contribution in [3.05, 3.63) is 59.2 Å². The van der Waals surface area contributed by atoms with Crippen LogP contribution in [-0.4, -0.2) is 16.8 Å². The predicted molar refractivity (Wildman–Crippen MR) is 109 cm³/mol. The minimum Gasteiger partial charge on any atom is -0.206 e. The van der Waals surface area contributed by atoms with Gasteiger partial charge in [-0.1, -0.05) is 43.5 Å². The Bertz CT molecular complexity index is 1040. The number of aryl methyl sites for hydroxylation is 2. The maximum Gasteiger partial charge on any atom is 0.254 e. The minimum atomic E-state index is -4.02. The second-order valence-corrected chi connectivity index (χ2v) is 10.7. The molecule has 0 spiro atoms. The zero-order chi connectivity index (χ0) is 20.4. The highest BCUT2D eigenvalue weighted by molar-refractivity contribution is 7.92. The van der Waals surface area contributed by atoms with E-state index in [-0.39, 0.29) is 9.79 Å². The van der Waals surface area contributed by atoms with Gasteiger partial charge in [0, 0.05) is 0 Å². The number of hydrogen-bond donors (Lipinski definition) is 2. The van der Waals surface area contributed by atoms with Gasteiger partial charge in [-0.25, -0.2) is 16.8 Å². The van der Waals surface area contributed by atoms with E-state index in [0.717, 1.165) is 24.0 Å². The Labute approximate surface area is 167 Å². The smallest absolute Gasteiger partial charge is 0.206 e. The molecule has 1 saturated carbocycles. The van der Waals surface area contributed by atoms with Crippen molar-refractivity contribution in [2.45, 2.75) is 61.7 Å². The molecule has 0 atom stereocenters. The third-order valence-corrected chi connectivity index (χ3v) is 7.99. The van der Waals surface area contributed by atoms with Gasteiger partial charge in [0.15, 0.2) is 0 Å². The first-order chi connectivity index (χ1) is 13.2. The average molecular weight is 423 g/mol. The van der Waals surface area contributed by atoms with Crippen LogP contribution in [0.5, 0.6) is 0 Å². The SMILES string of the molecule is Cc1ccc(C)c(S(=O)(=O)NNS(=O)(=O)c2ccc(C3CCCCC3)cc2)c1. The van der Waals surface area contributed by atoms with Crippen molar-refractivity contribution in [3.63, 3.8) is 0 Å². The van der Waals surface area contributed by atoms with Gasteiger partial charge in [0.05, 0.1) is 9.79 Å². The molecule has 0 bridgehead atoms. The van der Waals surface area contributed by atoms with Crippen LogP contribution in [-0.2, 0) is 20.0 Å². The highest BCUT2D eigenvalue weighted by Crippen LogP contribution is 2.32. The molecule has 6 nitrogen and oxygen atoms in total. The van der Waals surface area contributed by atoms with Crippen molar-refractivity contribution >= 4 is 20.0 Å². The summed E-state index contributed by atoms with van der Waals surface area (Å²) in [4.78, 5) is 4.06. The number of hydrazine groups is 1. The van der Waals surface area contributed by atoms with E-state index in [2.05, 4.69) is 0 Å². The quantitative estimate of drug-likeness (QED) is 0.697. The molecular formula is C20H26N2O4S2. The summed E-state index contributed by atoms with van der Waals surface area (Å²) in [5.74, 6) is 0.473. The molecule has 8 heteroatoms. The molecule has 1 aliphatic rings. The second kappa shape index (κ2) is 8.32. The van der Waals surface area contributed by atoms with E-state index in [0.29, 0.717) is 11.5 Å². The fraction of sp³-hybridized carbons (Fsp3) is 0.400. The monoisotopic (exact) mass is 422 g/mol. The van der Waals surface area contributed by atoms with Crippen LogP contribution in [0.25, 0.3) is 0 Å². The summed E-state index contributed by atoms with van der Waals surface area (Å²) in [5, 5.41) is 0. The summed E-state index contributed by atoms with van der Waals surface area (Å²) in [7, 11) is -8.03. The number of sulfonamides is 2. The van der Waals surface area contributed by atoms with Crippen LogP contribution in [0.4, 0.5) is 0 Å². The molecule has 1 aliphatic carbocycles. The fourth-order valence-corrected chi connectivity index (χ4v) is 6.01. The highest BCUT2D eigenvalue weighted by atomic mass is 32.2. The summed E-state index contributed by atoms with van der Waals surface area (Å²) in [6.45, 7) is 3.43. The van der Waals surface area contributed by atoms with Crippen LogP contribution in [0.15, 0.2) is 52.3 Å². The first kappa shape index (κ1) is 21.0. The molecule has 0 radical (unpaired) electrons. The van der Waals surface area contributed by atoms with Crippen LogP contribution >= 0.6 is 0 Å². The van der Waals surface area contributed by atoms with E-state index >= 15 is 0 Å². The van der Waals surface area contributed by atoms with Crippen LogP contribution in [0.2, 0.25) is 0 Å². The van der Waals surface area contributed by atoms with Crippen LogP contribution in [0, 0.1) is 13.8 Å². The van der Waals surface area contributed by atoms with Crippen molar-refractivity contribution in [1.29, 1.82) is 0 Å². The van der Waals surface area contributed by atoms with Crippen LogP contribution in [0.3, 0.4) is 0 Å². The van der Waals surface area contributed by atoms with E-state index in [9.17, 15) is 16.8 Å². The maximum atomic E-state index is 12.5. The lowest BCUT2D eigenvalue weighted by molar-refractivity contribution is 0.443. The van der Waals surface area contributed by atoms with Gasteiger partial charge in [0.2, 0.25) is 0 Å². The van der Waals surface area contributed by atoms with Gasteiger partial charge in [-0.2, -0.15) is 0 Å². The van der Waals surface area contributed by atoms with Crippen LogP contribution < -0.4 is 9.66 Å². The Balaban J connectivity index is 1.73. The maximum absolute atomic E-state index is 12.5. The molecule has 0 unspecified atom stereocenters. The lowest BCUT2D eigenvalue weighted by Gasteiger charge is -2.22. The third-order valence-electron chi connectivity index (χ3n) is 5.21. The lowest BCUT2D eigenvalue weighted by atomic mass is 9.84. The first-order valence-electron chi connectivity index (χ1n) is 9.40. The molecule has 0 aromatic heterocycles. The average Bonchev–Trinajstić information content (AvgIpc) is 2.69. The predicted octanol–water partition coefficient (Wildman–Crippen LogP) is 3.52. The molecule has 0 aliphatic heterocycles. The number of nitrogens with one attached hydrogen (secondary N) is 2. The van der Waals surface area contributed by atoms with Crippen LogP contribution in [0.1, 0.15) is 54.7 Å². The van der Waals surface area contributed by atoms with Crippen molar-refractivity contribution in [1.82, 2.24) is 9.66 Å². The molecule has 152 valence electrons. The molecule has 0 saturated heterocycles. The summed E-state index contributed by atoms with van der Waals surface area (Å²) in [6, 6.07) is 11.7. The van der Waals surface area contributed by atoms with E-state index in [1.54, 1.807) is 26.0 Å². The topological polar surface area (TPSA) is 92.3 Å². The van der Waals surface area contributed by atoms with E-state index in [1.807, 2.05) is 21.8 Å². The summed E-state index contributed by atoms with van der Waals surface area (Å²) >= 11 is 0. The van der Waals surface area contributed by atoms with E-state index in [4.69, 9.17) is 0 Å². The van der Waals surface area contributed by atoms with Crippen molar-refractivity contribution < 1.29 is 16.8 Å². The molecule has 28 heavy (non-hydrogen) atoms. The molecule has 2 aromatic rings. The van der Waals surface area contributed by atoms with Gasteiger partial charge in [0.25, 0.3) is 20.0 Å². The normalized spacial score (nSPS) is 16.2. The van der Waals surface area contributed by atoms with Gasteiger partial charge >= 0.3 is 0 Å². The van der Waals surface area contributed by atoms with Gasteiger partial charge in [-0.15, -0.1) is 9.66 Å². The van der Waals surface area contributed by atoms with Gasteiger partial charge in [0.1, 0.15) is 0 Å². The zero-order valence-corrected chi connectivity index (χ0v) is 17.7. The molecule has 3 rings (SSSR count). The molecule has 2 N–H and O–H groups in total. The van der Waals surface area contributed by atoms with Gasteiger partial charge < -0.3 is 0 Å². The van der Waals surface area contributed by atoms with Crippen molar-refractivity contribution in [3.8, 4) is 0 Å². The molecule has 0 heterocycles. The lowest BCUT2D eigenvalue weighted by Crippen LogP contribution is -2.41. The van der Waals surface area contributed by atoms with Gasteiger partial charge in [-0.05, 0) is 67.5 Å². The van der Waals surface area contributed by atoms with Crippen molar-refractivity contribution in [2.24, 2.45) is 0 Å². The Kier molecular flexibility index (Phi) is 6.24. The fourth-order valence-electron chi connectivity index (χ4n) is 3.58. The summed E-state index contributed by atoms with van der Waals surface area (Å²) in [5.41, 5.74) is 2.44. The van der Waals surface area contributed by atoms with Gasteiger partial charge in [-0.3, -0.25) is 0 Å². The number of rotatable bonds is 6. The third kappa shape index (κ3) is 4.81. The summed E-state index contributed by atoms with van der Waals surface area (Å²) < 4.78 is 50.0. The Morgan fingerprint density at radius 3 is 2.04 bits per heavy atom. The molecule has 1 fully saturated rings. The largest absolute Gasteiger partial charge is 0.254 e.